The van der Waals surface area contributed by atoms with Gasteiger partial charge in [0.05, 0.1) is 91.0 Å². The van der Waals surface area contributed by atoms with Gasteiger partial charge < -0.3 is 109 Å². The van der Waals surface area contributed by atoms with E-state index in [2.05, 4.69) is 41.9 Å². The highest BCUT2D eigenvalue weighted by Crippen LogP contribution is 2.44. The number of benzene rings is 2. The number of amides is 10. The van der Waals surface area contributed by atoms with E-state index in [0.717, 1.165) is 8.61 Å². The lowest BCUT2D eigenvalue weighted by atomic mass is 10.0. The zero-order valence-corrected chi connectivity index (χ0v) is 72.9. The normalized spacial score (nSPS) is 17.2. The number of hydrogen-bond donors (Lipinski definition) is 8. The van der Waals surface area contributed by atoms with Crippen molar-refractivity contribution in [3.63, 3.8) is 0 Å². The summed E-state index contributed by atoms with van der Waals surface area (Å²) < 4.78 is 110. The molecule has 4 atom stereocenters. The molecule has 8 N–H and O–H groups in total. The maximum absolute atomic E-state index is 13.7. The Balaban J connectivity index is 0.515. The zero-order valence-electron chi connectivity index (χ0n) is 69.6. The summed E-state index contributed by atoms with van der Waals surface area (Å²) >= 11 is 2.51. The van der Waals surface area contributed by atoms with Crippen LogP contribution in [0.1, 0.15) is 70.9 Å². The first-order chi connectivity index (χ1) is 59.0. The Bertz CT molecular complexity index is 3990. The molecule has 8 rings (SSSR count). The number of nitrogens with one attached hydrogen (secondary N) is 6. The molecule has 2 aromatic carbocycles. The number of pyridine rings is 2. The minimum absolute atomic E-state index is 0.0166. The van der Waals surface area contributed by atoms with E-state index in [4.69, 9.17) is 47.4 Å². The maximum Gasteiger partial charge on any atom is 0.415 e. The van der Waals surface area contributed by atoms with Crippen LogP contribution < -0.4 is 41.4 Å². The van der Waals surface area contributed by atoms with Gasteiger partial charge in [-0.25, -0.2) is 45.6 Å². The van der Waals surface area contributed by atoms with Crippen LogP contribution in [-0.2, 0) is 99.6 Å². The van der Waals surface area contributed by atoms with Crippen LogP contribution in [0.4, 0.5) is 19.2 Å². The molecule has 0 radical (unpaired) electrons. The fraction of sp³-hybridized carbons (Fsp3) is 0.595. The fourth-order valence-corrected chi connectivity index (χ4v) is 19.1. The summed E-state index contributed by atoms with van der Waals surface area (Å²) in [4.78, 5) is 142. The summed E-state index contributed by atoms with van der Waals surface area (Å²) in [6, 6.07) is 12.1. The quantitative estimate of drug-likeness (QED) is 0.0294. The van der Waals surface area contributed by atoms with Crippen molar-refractivity contribution in [2.24, 2.45) is 0 Å². The Kier molecular flexibility index (Phi) is 41.4. The summed E-state index contributed by atoms with van der Waals surface area (Å²) in [5.74, 6) is -4.10. The fourth-order valence-electron chi connectivity index (χ4n) is 12.9. The molecular weight excluding hydrogens is 1690 g/mol. The predicted octanol–water partition coefficient (Wildman–Crippen LogP) is 2.45. The number of carboxylic acid groups (broad SMARTS) is 2. The van der Waals surface area contributed by atoms with Gasteiger partial charge in [-0.3, -0.25) is 29.1 Å². The lowest BCUT2D eigenvalue weighted by Gasteiger charge is -2.34. The van der Waals surface area contributed by atoms with Crippen LogP contribution in [0.5, 0.6) is 11.5 Å². The minimum atomic E-state index is -4.13. The number of ether oxygens (including phenoxy) is 10. The van der Waals surface area contributed by atoms with Crippen molar-refractivity contribution in [3.8, 4) is 11.5 Å². The number of hydrogen-bond acceptors (Lipinski definition) is 28. The van der Waals surface area contributed by atoms with Crippen molar-refractivity contribution < 1.29 is 122 Å². The first-order valence-corrected chi connectivity index (χ1v) is 45.4. The molecule has 44 heteroatoms. The Morgan fingerprint density at radius 1 is 0.423 bits per heavy atom. The molecule has 0 bridgehead atoms. The van der Waals surface area contributed by atoms with Crippen molar-refractivity contribution in [3.05, 3.63) is 109 Å². The number of urea groups is 2. The maximum atomic E-state index is 13.7. The minimum Gasteiger partial charge on any atom is -0.480 e. The van der Waals surface area contributed by atoms with Crippen LogP contribution in [0.2, 0.25) is 0 Å². The Labute approximate surface area is 724 Å². The van der Waals surface area contributed by atoms with Gasteiger partial charge >= 0.3 is 36.2 Å². The highest BCUT2D eigenvalue weighted by Gasteiger charge is 2.53. The highest BCUT2D eigenvalue weighted by molar-refractivity contribution is 8.02. The number of aliphatic carboxylic acids is 2. The van der Waals surface area contributed by atoms with Gasteiger partial charge in [0, 0.05) is 165 Å². The summed E-state index contributed by atoms with van der Waals surface area (Å²) in [7, 11) is -8.26. The summed E-state index contributed by atoms with van der Waals surface area (Å²) in [6.07, 6.45) is 6.04. The van der Waals surface area contributed by atoms with E-state index in [1.54, 1.807) is 61.8 Å². The number of thioether (sulfide) groups is 2. The lowest BCUT2D eigenvalue weighted by molar-refractivity contribution is -0.142. The molecule has 4 aliphatic rings. The first kappa shape index (κ1) is 99.3. The van der Waals surface area contributed by atoms with Gasteiger partial charge in [0.1, 0.15) is 45.5 Å². The second kappa shape index (κ2) is 51.3. The standard InChI is InChI=1S/C79H114N14O26S4/c1-78(2)68(92(56-120-78)122(106,107)62-10-5-22-80-54-62)70(96)86-64(72(98)99)52-58-12-16-60(17-13-58)118-76(104)90-32-28-88(29-33-90)74(102)84-26-42-116-50-48-114-40-20-66(94)82-24-7-36-110-44-46-112-38-9-39-113-47-45-111-37-8-25-83-67(95)21-41-115-49-51-117-43-27-85-75(103)89-30-34-91(35-31-89)77(105)119-61-18-14-59(15-19-61)53-65(73(100)101)87-71(97)69-79(3,4)121-57-93(69)123(108,109)63-11-6-23-81-55-63/h5-6,10-19,22-23,54-55,64-65,68-69H,7-9,20-21,24-53,56-57H2,1-4H3,(H,82,94)(H,83,95)(H,84,102)(H,85,103)(H,86,96)(H,87,97)(H,98,99)(H,100,101)/t64-,65-,68?,69?/m0/s1. The summed E-state index contributed by atoms with van der Waals surface area (Å²) in [5, 5.41) is 36.5. The van der Waals surface area contributed by atoms with Crippen LogP contribution in [0.3, 0.4) is 0 Å². The smallest absolute Gasteiger partial charge is 0.415 e. The second-order valence-electron chi connectivity index (χ2n) is 29.5. The molecule has 10 amide bonds. The van der Waals surface area contributed by atoms with Crippen LogP contribution >= 0.6 is 23.5 Å². The zero-order chi connectivity index (χ0) is 88.6. The van der Waals surface area contributed by atoms with E-state index in [0.29, 0.717) is 96.3 Å². The van der Waals surface area contributed by atoms with E-state index in [1.807, 2.05) is 0 Å². The Morgan fingerprint density at radius 2 is 0.748 bits per heavy atom. The van der Waals surface area contributed by atoms with E-state index >= 15 is 0 Å². The van der Waals surface area contributed by atoms with E-state index in [1.165, 1.54) is 107 Å². The summed E-state index contributed by atoms with van der Waals surface area (Å²) in [5.41, 5.74) is 1.01. The third-order valence-corrected chi connectivity index (χ3v) is 26.3. The topological polar surface area (TPSA) is 489 Å². The van der Waals surface area contributed by atoms with Gasteiger partial charge in [-0.15, -0.1) is 23.5 Å². The molecular formula is C79H114N14O26S4. The SMILES string of the molecule is CC1(C)SCN(S(=O)(=O)c2cccnc2)C1C(=O)N[C@@H](Cc1ccc(OC(=O)N2CCN(C(=O)NCCOCCOCCC(=O)NCCCOCCOCCCOCCOCCCNC(=O)CCOCCOCCNC(=O)N3CCN(C(=O)Oc4ccc(C[C@H](NC(=O)C5N(S(=O)(=O)c6cccnc6)CSC5(C)C)C(=O)O)cc4)CC3)CC2)cc1)C(=O)O. The first-order valence-electron chi connectivity index (χ1n) is 40.5. The van der Waals surface area contributed by atoms with Crippen molar-refractivity contribution >= 4 is 103 Å². The molecule has 4 saturated heterocycles. The average Bonchev–Trinajstić information content (AvgIpc) is 1.63. The number of nitrogens with zero attached hydrogens (tertiary/aromatic N) is 8. The van der Waals surface area contributed by atoms with Crippen LogP contribution in [0, 0.1) is 0 Å². The molecule has 680 valence electrons. The molecule has 4 fully saturated rings. The average molecular weight is 1800 g/mol. The summed E-state index contributed by atoms with van der Waals surface area (Å²) in [6.45, 7) is 15.8. The highest BCUT2D eigenvalue weighted by atomic mass is 32.2. The Morgan fingerprint density at radius 3 is 1.08 bits per heavy atom. The third-order valence-electron chi connectivity index (χ3n) is 19.6. The molecule has 4 aromatic rings. The number of aromatic nitrogens is 2. The van der Waals surface area contributed by atoms with Gasteiger partial charge in [-0.05, 0) is 107 Å². The van der Waals surface area contributed by atoms with Gasteiger partial charge in [-0.2, -0.15) is 8.61 Å². The van der Waals surface area contributed by atoms with E-state index in [-0.39, 0.29) is 201 Å². The molecule has 0 aliphatic carbocycles. The lowest BCUT2D eigenvalue weighted by Crippen LogP contribution is -2.56. The van der Waals surface area contributed by atoms with E-state index in [9.17, 15) is 75.0 Å². The van der Waals surface area contributed by atoms with Gasteiger partial charge in [0.25, 0.3) is 0 Å². The van der Waals surface area contributed by atoms with E-state index < -0.39 is 89.6 Å². The molecule has 4 aliphatic heterocycles. The predicted molar refractivity (Wildman–Crippen MR) is 447 cm³/mol. The molecule has 123 heavy (non-hydrogen) atoms. The molecule has 40 nitrogen and oxygen atoms in total. The molecule has 0 spiro atoms. The van der Waals surface area contributed by atoms with Crippen molar-refractivity contribution in [1.82, 2.24) is 70.1 Å². The Hall–Kier alpha value is -9.16. The van der Waals surface area contributed by atoms with Crippen molar-refractivity contribution in [2.75, 3.05) is 196 Å². The van der Waals surface area contributed by atoms with Crippen LogP contribution in [-0.4, -0.2) is 355 Å². The van der Waals surface area contributed by atoms with Gasteiger partial charge in [-0.1, -0.05) is 24.3 Å². The number of sulfonamides is 2. The van der Waals surface area contributed by atoms with Crippen molar-refractivity contribution in [1.29, 1.82) is 0 Å². The van der Waals surface area contributed by atoms with Crippen LogP contribution in [0.15, 0.2) is 107 Å². The van der Waals surface area contributed by atoms with Crippen molar-refractivity contribution in [2.45, 2.75) is 116 Å². The number of carboxylic acids is 2. The molecule has 2 aromatic heterocycles. The van der Waals surface area contributed by atoms with Crippen LogP contribution in [0.25, 0.3) is 0 Å². The molecule has 6 heterocycles. The monoisotopic (exact) mass is 1800 g/mol. The molecule has 0 saturated carbocycles. The van der Waals surface area contributed by atoms with Gasteiger partial charge in [0.2, 0.25) is 43.7 Å². The van der Waals surface area contributed by atoms with Gasteiger partial charge in [0.15, 0.2) is 0 Å². The number of carbonyl (C=O) groups is 10. The second-order valence-corrected chi connectivity index (χ2v) is 36.5. The third kappa shape index (κ3) is 33.0. The number of carbonyl (C=O) groups excluding carboxylic acids is 8. The number of piperazine rings is 2. The number of rotatable bonds is 52. The molecule has 2 unspecified atom stereocenters. The largest absolute Gasteiger partial charge is 0.480 e.